The first-order valence-electron chi connectivity index (χ1n) is 13.5. The Balaban J connectivity index is 1.13. The summed E-state index contributed by atoms with van der Waals surface area (Å²) in [7, 11) is 0. The van der Waals surface area contributed by atoms with Gasteiger partial charge in [-0.25, -0.2) is 4.99 Å². The van der Waals surface area contributed by atoms with Gasteiger partial charge in [0.25, 0.3) is 5.56 Å². The number of rotatable bonds is 4. The molecule has 4 heterocycles. The number of nitrogens with zero attached hydrogens (tertiary/aromatic N) is 6. The fraction of sp³-hybridized carbons (Fsp3) is 0.258. The minimum Gasteiger partial charge on any atom is -0.303 e. The van der Waals surface area contributed by atoms with E-state index in [1.165, 1.54) is 23.0 Å². The average Bonchev–Trinajstić information content (AvgIpc) is 3.24. The summed E-state index contributed by atoms with van der Waals surface area (Å²) >= 11 is 6.35. The molecule has 0 saturated heterocycles. The topological polar surface area (TPSA) is 78.0 Å². The predicted molar refractivity (Wildman–Crippen MR) is 151 cm³/mol. The van der Waals surface area contributed by atoms with Gasteiger partial charge in [-0.3, -0.25) is 4.79 Å². The highest BCUT2D eigenvalue weighted by atomic mass is 35.5. The van der Waals surface area contributed by atoms with E-state index in [9.17, 15) is 4.79 Å². The molecule has 0 amide bonds. The van der Waals surface area contributed by atoms with Crippen LogP contribution in [0.25, 0.3) is 22.4 Å². The Hall–Kier alpha value is -4.17. The number of pyridine rings is 1. The lowest BCUT2D eigenvalue weighted by Crippen LogP contribution is -2.29. The summed E-state index contributed by atoms with van der Waals surface area (Å²) in [6, 6.07) is 15.1. The van der Waals surface area contributed by atoms with Gasteiger partial charge in [0.15, 0.2) is 0 Å². The molecule has 1 fully saturated rings. The van der Waals surface area contributed by atoms with Crippen molar-refractivity contribution in [1.82, 2.24) is 24.8 Å². The third-order valence-electron chi connectivity index (χ3n) is 8.80. The van der Waals surface area contributed by atoms with Crippen LogP contribution in [0.2, 0.25) is 5.02 Å². The Kier molecular flexibility index (Phi) is 5.13. The Morgan fingerprint density at radius 3 is 2.75 bits per heavy atom. The summed E-state index contributed by atoms with van der Waals surface area (Å²) in [6.45, 7) is 4.13. The van der Waals surface area contributed by atoms with E-state index in [0.29, 0.717) is 17.0 Å². The molecule has 0 spiro atoms. The Labute approximate surface area is 234 Å². The zero-order valence-electron chi connectivity index (χ0n) is 21.5. The summed E-state index contributed by atoms with van der Waals surface area (Å²) in [5, 5.41) is 12.1. The second-order valence-electron chi connectivity index (χ2n) is 11.2. The van der Waals surface area contributed by atoms with E-state index in [4.69, 9.17) is 11.6 Å². The van der Waals surface area contributed by atoms with Gasteiger partial charge in [-0.1, -0.05) is 42.0 Å². The van der Waals surface area contributed by atoms with Gasteiger partial charge < -0.3 is 4.57 Å². The van der Waals surface area contributed by atoms with Gasteiger partial charge in [-0.05, 0) is 88.5 Å². The predicted octanol–water partition coefficient (Wildman–Crippen LogP) is 6.03. The number of halogens is 2. The molecule has 2 aromatic carbocycles. The summed E-state index contributed by atoms with van der Waals surface area (Å²) in [5.74, 6) is 0.0669. The average molecular weight is 551 g/mol. The first-order chi connectivity index (χ1) is 19.4. The number of benzene rings is 2. The van der Waals surface area contributed by atoms with Crippen molar-refractivity contribution in [3.8, 4) is 16.8 Å². The van der Waals surface area contributed by atoms with E-state index in [2.05, 4.69) is 45.3 Å². The molecule has 0 N–H and O–H groups in total. The van der Waals surface area contributed by atoms with Crippen LogP contribution < -0.4 is 5.56 Å². The molecular weight excluding hydrogens is 527 g/mol. The van der Waals surface area contributed by atoms with Crippen LogP contribution in [-0.4, -0.2) is 30.5 Å². The van der Waals surface area contributed by atoms with E-state index in [-0.39, 0.29) is 23.4 Å². The lowest BCUT2D eigenvalue weighted by atomic mass is 9.86. The monoisotopic (exact) mass is 550 g/mol. The zero-order valence-corrected chi connectivity index (χ0v) is 22.3. The molecule has 3 atom stereocenters. The van der Waals surface area contributed by atoms with Crippen LogP contribution >= 0.6 is 11.6 Å². The first kappa shape index (κ1) is 23.7. The van der Waals surface area contributed by atoms with Crippen LogP contribution in [0, 0.1) is 5.92 Å². The number of fused-ring (bicyclic) bond motifs is 4. The third-order valence-corrected chi connectivity index (χ3v) is 9.04. The molecule has 4 aliphatic rings. The quantitative estimate of drug-likeness (QED) is 0.229. The third kappa shape index (κ3) is 3.66. The second-order valence-corrected chi connectivity index (χ2v) is 11.6. The van der Waals surface area contributed by atoms with Gasteiger partial charge in [-0.15, -0.1) is 5.10 Å². The Morgan fingerprint density at radius 2 is 1.90 bits per heavy atom. The minimum absolute atomic E-state index is 0.127. The van der Waals surface area contributed by atoms with Crippen LogP contribution in [-0.2, 0) is 12.8 Å². The van der Waals surface area contributed by atoms with Crippen molar-refractivity contribution < 1.29 is 4.39 Å². The van der Waals surface area contributed by atoms with Crippen molar-refractivity contribution >= 4 is 22.9 Å². The second kappa shape index (κ2) is 8.66. The van der Waals surface area contributed by atoms with Gasteiger partial charge in [0, 0.05) is 46.0 Å². The fourth-order valence-electron chi connectivity index (χ4n) is 6.81. The van der Waals surface area contributed by atoms with E-state index < -0.39 is 5.95 Å². The lowest BCUT2D eigenvalue weighted by molar-refractivity contribution is 0.579. The van der Waals surface area contributed by atoms with Gasteiger partial charge >= 0.3 is 0 Å². The van der Waals surface area contributed by atoms with Crippen molar-refractivity contribution in [2.75, 3.05) is 0 Å². The van der Waals surface area contributed by atoms with Crippen molar-refractivity contribution in [2.24, 2.45) is 10.9 Å². The number of allylic oxidation sites excluding steroid dienone is 2. The highest BCUT2D eigenvalue weighted by molar-refractivity contribution is 6.31. The molecule has 9 heteroatoms. The highest BCUT2D eigenvalue weighted by Gasteiger charge is 2.55. The number of aromatic nitrogens is 5. The van der Waals surface area contributed by atoms with E-state index in [0.717, 1.165) is 59.5 Å². The zero-order chi connectivity index (χ0) is 27.1. The molecular formula is C31H24ClFN6O. The molecule has 198 valence electrons. The van der Waals surface area contributed by atoms with Crippen molar-refractivity contribution in [1.29, 1.82) is 0 Å². The smallest absolute Gasteiger partial charge is 0.251 e. The molecule has 0 bridgehead atoms. The molecule has 1 saturated carbocycles. The molecule has 7 nitrogen and oxygen atoms in total. The fourth-order valence-corrected chi connectivity index (χ4v) is 6.98. The molecule has 2 aliphatic heterocycles. The van der Waals surface area contributed by atoms with Crippen LogP contribution in [0.15, 0.2) is 82.7 Å². The number of aryl methyl sites for hydroxylation is 1. The molecule has 40 heavy (non-hydrogen) atoms. The van der Waals surface area contributed by atoms with Crippen LogP contribution in [0.5, 0.6) is 0 Å². The number of hydrogen-bond acceptors (Lipinski definition) is 5. The summed E-state index contributed by atoms with van der Waals surface area (Å²) in [4.78, 5) is 18.1. The van der Waals surface area contributed by atoms with Gasteiger partial charge in [0.1, 0.15) is 6.33 Å². The summed E-state index contributed by atoms with van der Waals surface area (Å²) in [5.41, 5.74) is 9.09. The Bertz CT molecular complexity index is 1870. The first-order valence-corrected chi connectivity index (χ1v) is 13.9. The molecule has 4 aromatic rings. The van der Waals surface area contributed by atoms with E-state index >= 15 is 4.39 Å². The largest absolute Gasteiger partial charge is 0.303 e. The van der Waals surface area contributed by atoms with E-state index in [1.54, 1.807) is 16.8 Å². The minimum atomic E-state index is -0.435. The number of aliphatic imine (C=N–C) groups is 1. The van der Waals surface area contributed by atoms with Crippen molar-refractivity contribution in [3.05, 3.63) is 111 Å². The molecule has 0 radical (unpaired) electrons. The lowest BCUT2D eigenvalue weighted by Gasteiger charge is -2.20. The SMILES string of the molecule is C=C1CCc2cc(C3=C(F)N=C(C4C5CC5c5cc(-c6cc(Cl)ccc6-n6cnnn6)cc(=O)n54)C3)ccc2C1. The van der Waals surface area contributed by atoms with Crippen LogP contribution in [0.1, 0.15) is 53.6 Å². The summed E-state index contributed by atoms with van der Waals surface area (Å²) < 4.78 is 18.7. The highest BCUT2D eigenvalue weighted by Crippen LogP contribution is 2.60. The number of hydrogen-bond donors (Lipinski definition) is 0. The maximum absolute atomic E-state index is 15.4. The standard InChI is InChI=1S/C31H24ClFN6O/c1-16-2-3-18-9-19(5-4-17(18)8-16)23-14-26(35-31(23)33)30-25-13-24(25)28-10-20(11-29(40)39(28)30)22-12-21(32)6-7-27(22)38-15-34-36-37-38/h4-7,9-12,15,24-25,30H,1-3,8,13-14H2. The molecule has 2 aromatic heterocycles. The molecule has 2 aliphatic carbocycles. The molecule has 3 unspecified atom stereocenters. The van der Waals surface area contributed by atoms with Crippen molar-refractivity contribution in [3.63, 3.8) is 0 Å². The molecule has 8 rings (SSSR count). The number of tetrazole rings is 1. The van der Waals surface area contributed by atoms with Crippen LogP contribution in [0.3, 0.4) is 0 Å². The normalized spacial score (nSPS) is 22.7. The Morgan fingerprint density at radius 1 is 1.00 bits per heavy atom. The van der Waals surface area contributed by atoms with Crippen molar-refractivity contribution in [2.45, 2.75) is 44.1 Å². The van der Waals surface area contributed by atoms with Gasteiger partial charge in [0.05, 0.1) is 11.7 Å². The van der Waals surface area contributed by atoms with Gasteiger partial charge in [-0.2, -0.15) is 9.07 Å². The van der Waals surface area contributed by atoms with E-state index in [1.807, 2.05) is 22.8 Å². The summed E-state index contributed by atoms with van der Waals surface area (Å²) in [6.07, 6.45) is 5.68. The van der Waals surface area contributed by atoms with Gasteiger partial charge in [0.2, 0.25) is 5.95 Å². The maximum atomic E-state index is 15.4. The van der Waals surface area contributed by atoms with Crippen LogP contribution in [0.4, 0.5) is 4.39 Å². The maximum Gasteiger partial charge on any atom is 0.251 e.